The Hall–Kier alpha value is -4.92. The van der Waals surface area contributed by atoms with Crippen molar-refractivity contribution in [2.75, 3.05) is 86.5 Å². The number of nitrogens with two attached hydrogens (primary N) is 1. The zero-order valence-corrected chi connectivity index (χ0v) is 35.0. The minimum Gasteiger partial charge on any atom is -0.385 e. The number of amides is 3. The zero-order chi connectivity index (χ0) is 40.8. The number of fused-ring (bicyclic) bond motifs is 2. The molecule has 4 saturated heterocycles. The molecule has 0 aliphatic carbocycles. The van der Waals surface area contributed by atoms with Crippen molar-refractivity contribution in [2.24, 2.45) is 11.7 Å². The molecule has 1 unspecified atom stereocenters. The Bertz CT molecular complexity index is 2220. The first-order chi connectivity index (χ1) is 28.6. The Morgan fingerprint density at radius 2 is 1.69 bits per heavy atom. The van der Waals surface area contributed by atoms with Crippen molar-refractivity contribution in [2.45, 2.75) is 75.8 Å². The fourth-order valence-corrected chi connectivity index (χ4v) is 10.7. The molecule has 5 aliphatic rings. The zero-order valence-electron chi connectivity index (χ0n) is 34.2. The second-order valence-corrected chi connectivity index (χ2v) is 17.5. The van der Waals surface area contributed by atoms with Crippen LogP contribution in [0, 0.1) is 5.92 Å². The molecule has 1 atom stereocenters. The molecule has 9 rings (SSSR count). The van der Waals surface area contributed by atoms with Gasteiger partial charge in [-0.15, -0.1) is 5.10 Å². The number of nitrogens with one attached hydrogen (secondary N) is 2. The summed E-state index contributed by atoms with van der Waals surface area (Å²) in [6, 6.07) is 15.7. The predicted octanol–water partition coefficient (Wildman–Crippen LogP) is 5.02. The van der Waals surface area contributed by atoms with Gasteiger partial charge in [-0.25, -0.2) is 9.50 Å². The molecule has 0 radical (unpaired) electrons. The Labute approximate surface area is 351 Å². The highest BCUT2D eigenvalue weighted by atomic mass is 35.5. The molecule has 0 saturated carbocycles. The van der Waals surface area contributed by atoms with Gasteiger partial charge in [0.1, 0.15) is 5.69 Å². The molecule has 0 bridgehead atoms. The fraction of sp³-hybridized carbons (Fsp3) is 0.523. The van der Waals surface area contributed by atoms with E-state index in [1.54, 1.807) is 4.52 Å². The van der Waals surface area contributed by atoms with Crippen molar-refractivity contribution in [3.05, 3.63) is 70.5 Å². The maximum Gasteiger partial charge on any atom is 0.269 e. The van der Waals surface area contributed by atoms with Crippen molar-refractivity contribution in [3.63, 3.8) is 0 Å². The summed E-state index contributed by atoms with van der Waals surface area (Å²) >= 11 is 6.57. The molecule has 7 heterocycles. The molecule has 312 valence electrons. The van der Waals surface area contributed by atoms with Gasteiger partial charge in [0.05, 0.1) is 17.8 Å². The van der Waals surface area contributed by atoms with Gasteiger partial charge in [0.2, 0.25) is 11.8 Å². The number of anilines is 5. The maximum atomic E-state index is 12.6. The van der Waals surface area contributed by atoms with Gasteiger partial charge in [0, 0.05) is 106 Å². The van der Waals surface area contributed by atoms with Gasteiger partial charge in [-0.1, -0.05) is 17.7 Å². The topological polar surface area (TPSA) is 148 Å². The van der Waals surface area contributed by atoms with E-state index in [9.17, 15) is 14.4 Å². The minimum absolute atomic E-state index is 0.209. The van der Waals surface area contributed by atoms with E-state index in [1.165, 1.54) is 68.5 Å². The van der Waals surface area contributed by atoms with Crippen LogP contribution < -0.4 is 31.1 Å². The van der Waals surface area contributed by atoms with Gasteiger partial charge >= 0.3 is 0 Å². The largest absolute Gasteiger partial charge is 0.385 e. The van der Waals surface area contributed by atoms with Crippen molar-refractivity contribution in [1.82, 2.24) is 29.7 Å². The minimum atomic E-state index is -0.556. The van der Waals surface area contributed by atoms with Crippen LogP contribution >= 0.6 is 11.6 Å². The van der Waals surface area contributed by atoms with E-state index in [-0.39, 0.29) is 23.4 Å². The smallest absolute Gasteiger partial charge is 0.269 e. The summed E-state index contributed by atoms with van der Waals surface area (Å²) in [5.74, 6) is 0.0762. The molecule has 2 aromatic heterocycles. The summed E-state index contributed by atoms with van der Waals surface area (Å²) < 4.78 is 1.55. The van der Waals surface area contributed by atoms with E-state index in [1.807, 2.05) is 19.2 Å². The van der Waals surface area contributed by atoms with Crippen LogP contribution in [0.4, 0.5) is 28.6 Å². The number of nitrogens with zero attached hydrogens (tertiary/aromatic N) is 8. The number of piperidine rings is 4. The monoisotopic (exact) mass is 821 g/mol. The summed E-state index contributed by atoms with van der Waals surface area (Å²) in [6.07, 6.45) is 10.4. The van der Waals surface area contributed by atoms with Crippen molar-refractivity contribution >= 4 is 63.5 Å². The lowest BCUT2D eigenvalue weighted by Gasteiger charge is -2.44. The van der Waals surface area contributed by atoms with Crippen LogP contribution in [-0.4, -0.2) is 121 Å². The number of carbonyl (C=O) groups is 3. The Morgan fingerprint density at radius 1 is 0.932 bits per heavy atom. The summed E-state index contributed by atoms with van der Waals surface area (Å²) in [4.78, 5) is 53.5. The normalized spacial score (nSPS) is 21.6. The van der Waals surface area contributed by atoms with Crippen molar-refractivity contribution < 1.29 is 14.4 Å². The molecule has 3 amide bonds. The highest BCUT2D eigenvalue weighted by molar-refractivity contribution is 6.31. The van der Waals surface area contributed by atoms with Crippen LogP contribution in [0.1, 0.15) is 78.9 Å². The molecule has 4 fully saturated rings. The lowest BCUT2D eigenvalue weighted by atomic mass is 9.90. The third kappa shape index (κ3) is 7.82. The van der Waals surface area contributed by atoms with Gasteiger partial charge < -0.3 is 35.6 Å². The van der Waals surface area contributed by atoms with Gasteiger partial charge in [-0.2, -0.15) is 0 Å². The number of hydrogen-bond donors (Lipinski definition) is 3. The van der Waals surface area contributed by atoms with E-state index >= 15 is 0 Å². The first-order valence-corrected chi connectivity index (χ1v) is 21.9. The Morgan fingerprint density at radius 3 is 2.42 bits per heavy atom. The van der Waals surface area contributed by atoms with E-state index < -0.39 is 5.91 Å². The molecule has 15 heteroatoms. The predicted molar refractivity (Wildman–Crippen MR) is 232 cm³/mol. The number of primary amides is 1. The van der Waals surface area contributed by atoms with Crippen LogP contribution in [0.3, 0.4) is 0 Å². The van der Waals surface area contributed by atoms with Crippen molar-refractivity contribution in [3.8, 4) is 0 Å². The number of benzene rings is 2. The standard InChI is InChI=1S/C44H56ClN11O3/c1-47-36-25-40(50-56-39(42(46)58)26-48-43(36)56)55-23-16-33-37(4-3-5-38(33)55)54-19-10-28(11-20-54)27-52-17-12-30(13-18-52)53-21-14-29(15-22-53)51(2)31-6-8-35(45)34(24-31)32-7-9-41(57)49-44(32)59/h3-6,8,24-26,28-30,32,47H,7,9-23,27H2,1-2H3,(H2,46,58)(H,49,57,59). The lowest BCUT2D eigenvalue weighted by Crippen LogP contribution is -2.51. The number of hydrogen-bond acceptors (Lipinski definition) is 11. The van der Waals surface area contributed by atoms with Crippen LogP contribution in [-0.2, 0) is 16.0 Å². The number of aromatic nitrogens is 3. The Kier molecular flexibility index (Phi) is 11.1. The number of carbonyl (C=O) groups excluding carboxylic acids is 3. The Balaban J connectivity index is 0.747. The van der Waals surface area contributed by atoms with Crippen LogP contribution in [0.5, 0.6) is 0 Å². The second kappa shape index (κ2) is 16.6. The number of likely N-dealkylation sites (tertiary alicyclic amines) is 2. The molecule has 59 heavy (non-hydrogen) atoms. The molecular formula is C44H56ClN11O3. The molecule has 14 nitrogen and oxygen atoms in total. The van der Waals surface area contributed by atoms with Crippen LogP contribution in [0.15, 0.2) is 48.7 Å². The average Bonchev–Trinajstić information content (AvgIpc) is 3.90. The average molecular weight is 822 g/mol. The van der Waals surface area contributed by atoms with Crippen molar-refractivity contribution in [1.29, 1.82) is 0 Å². The number of rotatable bonds is 10. The van der Waals surface area contributed by atoms with E-state index in [0.717, 1.165) is 80.7 Å². The molecule has 4 aromatic rings. The van der Waals surface area contributed by atoms with Gasteiger partial charge in [0.25, 0.3) is 5.91 Å². The van der Waals surface area contributed by atoms with Crippen LogP contribution in [0.25, 0.3) is 5.65 Å². The van der Waals surface area contributed by atoms with Gasteiger partial charge in [-0.3, -0.25) is 19.7 Å². The first kappa shape index (κ1) is 39.5. The van der Waals surface area contributed by atoms with Gasteiger partial charge in [-0.05, 0) is 106 Å². The molecule has 2 aromatic carbocycles. The molecule has 4 N–H and O–H groups in total. The SMILES string of the molecule is CNc1cc(N2CCc3c(N4CCC(CN5CCC(N6CCC(N(C)c7ccc(Cl)c(C8CCC(=O)NC8=O)c7)CC6)CC5)CC4)cccc32)nn2c(C(N)=O)cnc12. The third-order valence-electron chi connectivity index (χ3n) is 13.8. The number of imidazole rings is 1. The summed E-state index contributed by atoms with van der Waals surface area (Å²) in [6.45, 7) is 8.71. The van der Waals surface area contributed by atoms with E-state index in [0.29, 0.717) is 35.6 Å². The van der Waals surface area contributed by atoms with E-state index in [4.69, 9.17) is 22.4 Å². The summed E-state index contributed by atoms with van der Waals surface area (Å²) in [5, 5.41) is 11.1. The number of imide groups is 1. The summed E-state index contributed by atoms with van der Waals surface area (Å²) in [5.41, 5.74) is 13.0. The highest BCUT2D eigenvalue weighted by Gasteiger charge is 2.34. The maximum absolute atomic E-state index is 12.6. The lowest BCUT2D eigenvalue weighted by molar-refractivity contribution is -0.134. The molecule has 5 aliphatic heterocycles. The van der Waals surface area contributed by atoms with Crippen LogP contribution in [0.2, 0.25) is 5.02 Å². The first-order valence-electron chi connectivity index (χ1n) is 21.5. The van der Waals surface area contributed by atoms with Gasteiger partial charge in [0.15, 0.2) is 11.5 Å². The number of halogens is 1. The highest BCUT2D eigenvalue weighted by Crippen LogP contribution is 2.41. The molecule has 0 spiro atoms. The molecular weight excluding hydrogens is 766 g/mol. The quantitative estimate of drug-likeness (QED) is 0.186. The summed E-state index contributed by atoms with van der Waals surface area (Å²) in [7, 11) is 4.01. The third-order valence-corrected chi connectivity index (χ3v) is 14.2. The van der Waals surface area contributed by atoms with E-state index in [2.05, 4.69) is 77.5 Å². The second-order valence-electron chi connectivity index (χ2n) is 17.1. The fourth-order valence-electron chi connectivity index (χ4n) is 10.4.